The van der Waals surface area contributed by atoms with Crippen LogP contribution >= 0.6 is 0 Å². The molecular formula is C17H25N3O5S. The molecule has 26 heavy (non-hydrogen) atoms. The smallest absolute Gasteiger partial charge is 0.315 e. The number of hydrogen-bond acceptors (Lipinski definition) is 5. The van der Waals surface area contributed by atoms with E-state index in [1.54, 1.807) is 24.3 Å². The zero-order valence-corrected chi connectivity index (χ0v) is 15.9. The number of hydrogen-bond donors (Lipinski definition) is 3. The lowest BCUT2D eigenvalue weighted by Crippen LogP contribution is -2.52. The van der Waals surface area contributed by atoms with Gasteiger partial charge >= 0.3 is 6.03 Å². The predicted molar refractivity (Wildman–Crippen MR) is 99.0 cm³/mol. The molecule has 0 spiro atoms. The van der Waals surface area contributed by atoms with Gasteiger partial charge < -0.3 is 20.7 Å². The molecule has 0 bridgehead atoms. The number of carbonyl (C=O) groups excluding carboxylic acids is 2. The van der Waals surface area contributed by atoms with Gasteiger partial charge in [-0.2, -0.15) is 0 Å². The van der Waals surface area contributed by atoms with Gasteiger partial charge in [0.1, 0.15) is 11.8 Å². The summed E-state index contributed by atoms with van der Waals surface area (Å²) in [5, 5.41) is 8.01. The molecule has 1 saturated heterocycles. The van der Waals surface area contributed by atoms with E-state index in [1.165, 1.54) is 7.11 Å². The Kier molecular flexibility index (Phi) is 6.47. The van der Waals surface area contributed by atoms with E-state index < -0.39 is 28.0 Å². The number of sulfone groups is 1. The van der Waals surface area contributed by atoms with Crippen LogP contribution in [-0.2, 0) is 14.6 Å². The molecule has 1 aromatic carbocycles. The van der Waals surface area contributed by atoms with Crippen molar-refractivity contribution in [3.05, 3.63) is 24.3 Å². The zero-order chi connectivity index (χ0) is 19.3. The van der Waals surface area contributed by atoms with Crippen LogP contribution in [0.3, 0.4) is 0 Å². The second kappa shape index (κ2) is 8.39. The lowest BCUT2D eigenvalue weighted by atomic mass is 10.0. The average Bonchev–Trinajstić information content (AvgIpc) is 2.90. The van der Waals surface area contributed by atoms with Crippen molar-refractivity contribution in [2.75, 3.05) is 23.9 Å². The van der Waals surface area contributed by atoms with Gasteiger partial charge in [0.2, 0.25) is 5.91 Å². The molecule has 8 nitrogen and oxygen atoms in total. The Bertz CT molecular complexity index is 763. The van der Waals surface area contributed by atoms with Crippen molar-refractivity contribution in [1.29, 1.82) is 0 Å². The number of amides is 3. The standard InChI is InChI=1S/C17H25N3O5S/c1-11(2)15(16(21)18-12-5-4-6-14(9-12)25-3)20-17(22)19-13-7-8-26(23,24)10-13/h4-6,9,11,13,15H,7-8,10H2,1-3H3,(H,18,21)(H2,19,20,22)/t13?,15-/m0/s1. The first-order valence-electron chi connectivity index (χ1n) is 8.42. The quantitative estimate of drug-likeness (QED) is 0.682. The lowest BCUT2D eigenvalue weighted by Gasteiger charge is -2.23. The molecule has 1 heterocycles. The fourth-order valence-corrected chi connectivity index (χ4v) is 4.41. The van der Waals surface area contributed by atoms with Gasteiger partial charge in [-0.05, 0) is 24.5 Å². The van der Waals surface area contributed by atoms with Crippen LogP contribution in [-0.4, -0.2) is 51.1 Å². The number of benzene rings is 1. The van der Waals surface area contributed by atoms with Crippen LogP contribution in [0.15, 0.2) is 24.3 Å². The van der Waals surface area contributed by atoms with Crippen molar-refractivity contribution in [2.45, 2.75) is 32.4 Å². The highest BCUT2D eigenvalue weighted by atomic mass is 32.2. The molecule has 0 saturated carbocycles. The Labute approximate surface area is 153 Å². The Morgan fingerprint density at radius 2 is 2.00 bits per heavy atom. The number of rotatable bonds is 6. The molecule has 3 N–H and O–H groups in total. The Balaban J connectivity index is 1.96. The number of methoxy groups -OCH3 is 1. The van der Waals surface area contributed by atoms with Gasteiger partial charge in [-0.15, -0.1) is 0 Å². The van der Waals surface area contributed by atoms with Crippen molar-refractivity contribution in [1.82, 2.24) is 10.6 Å². The number of nitrogens with one attached hydrogen (secondary N) is 3. The third-order valence-electron chi connectivity index (χ3n) is 4.14. The number of carbonyl (C=O) groups is 2. The molecule has 2 rings (SSSR count). The maximum absolute atomic E-state index is 12.5. The van der Waals surface area contributed by atoms with Gasteiger partial charge in [0, 0.05) is 17.8 Å². The topological polar surface area (TPSA) is 114 Å². The summed E-state index contributed by atoms with van der Waals surface area (Å²) >= 11 is 0. The van der Waals surface area contributed by atoms with E-state index in [4.69, 9.17) is 4.74 Å². The van der Waals surface area contributed by atoms with E-state index in [1.807, 2.05) is 13.8 Å². The molecular weight excluding hydrogens is 358 g/mol. The molecule has 3 amide bonds. The molecule has 0 radical (unpaired) electrons. The molecule has 0 aromatic heterocycles. The summed E-state index contributed by atoms with van der Waals surface area (Å²) in [6.45, 7) is 3.63. The first-order chi connectivity index (χ1) is 12.2. The molecule has 0 aliphatic carbocycles. The summed E-state index contributed by atoms with van der Waals surface area (Å²) < 4.78 is 28.1. The highest BCUT2D eigenvalue weighted by molar-refractivity contribution is 7.91. The Hall–Kier alpha value is -2.29. The van der Waals surface area contributed by atoms with Crippen LogP contribution in [0.4, 0.5) is 10.5 Å². The largest absolute Gasteiger partial charge is 0.497 e. The second-order valence-electron chi connectivity index (χ2n) is 6.66. The van der Waals surface area contributed by atoms with Crippen molar-refractivity contribution in [3.63, 3.8) is 0 Å². The summed E-state index contributed by atoms with van der Waals surface area (Å²) in [6.07, 6.45) is 0.387. The van der Waals surface area contributed by atoms with Gasteiger partial charge in [-0.1, -0.05) is 19.9 Å². The van der Waals surface area contributed by atoms with Gasteiger partial charge in [-0.3, -0.25) is 4.79 Å². The van der Waals surface area contributed by atoms with Gasteiger partial charge in [0.15, 0.2) is 9.84 Å². The summed E-state index contributed by atoms with van der Waals surface area (Å²) in [7, 11) is -1.55. The maximum atomic E-state index is 12.5. The first kappa shape index (κ1) is 20.0. The highest BCUT2D eigenvalue weighted by Crippen LogP contribution is 2.17. The molecule has 1 aliphatic rings. The molecule has 2 atom stereocenters. The van der Waals surface area contributed by atoms with Crippen molar-refractivity contribution in [3.8, 4) is 5.75 Å². The molecule has 9 heteroatoms. The molecule has 1 aromatic rings. The number of anilines is 1. The van der Waals surface area contributed by atoms with Crippen LogP contribution in [0.5, 0.6) is 5.75 Å². The van der Waals surface area contributed by atoms with Crippen LogP contribution in [0.25, 0.3) is 0 Å². The van der Waals surface area contributed by atoms with Crippen molar-refractivity contribution < 1.29 is 22.7 Å². The van der Waals surface area contributed by atoms with Crippen LogP contribution in [0.1, 0.15) is 20.3 Å². The second-order valence-corrected chi connectivity index (χ2v) is 8.89. The molecule has 144 valence electrons. The number of urea groups is 1. The average molecular weight is 383 g/mol. The normalized spacial score (nSPS) is 19.6. The third-order valence-corrected chi connectivity index (χ3v) is 5.91. The fourth-order valence-electron chi connectivity index (χ4n) is 2.73. The summed E-state index contributed by atoms with van der Waals surface area (Å²) in [6, 6.07) is 5.18. The van der Waals surface area contributed by atoms with Gasteiger partial charge in [0.05, 0.1) is 18.6 Å². The van der Waals surface area contributed by atoms with E-state index in [2.05, 4.69) is 16.0 Å². The van der Waals surface area contributed by atoms with Crippen LogP contribution in [0, 0.1) is 5.92 Å². The molecule has 1 aliphatic heterocycles. The van der Waals surface area contributed by atoms with E-state index in [9.17, 15) is 18.0 Å². The van der Waals surface area contributed by atoms with Gasteiger partial charge in [-0.25, -0.2) is 13.2 Å². The molecule has 1 unspecified atom stereocenters. The minimum atomic E-state index is -3.08. The summed E-state index contributed by atoms with van der Waals surface area (Å²) in [5.74, 6) is 0.100. The maximum Gasteiger partial charge on any atom is 0.315 e. The minimum absolute atomic E-state index is 0.0667. The van der Waals surface area contributed by atoms with Crippen LogP contribution < -0.4 is 20.7 Å². The summed E-state index contributed by atoms with van der Waals surface area (Å²) in [4.78, 5) is 24.7. The lowest BCUT2D eigenvalue weighted by molar-refractivity contribution is -0.118. The SMILES string of the molecule is COc1cccc(NC(=O)[C@@H](NC(=O)NC2CCS(=O)(=O)C2)C(C)C)c1. The van der Waals surface area contributed by atoms with E-state index >= 15 is 0 Å². The first-order valence-corrected chi connectivity index (χ1v) is 10.2. The number of ether oxygens (including phenoxy) is 1. The van der Waals surface area contributed by atoms with Crippen molar-refractivity contribution >= 4 is 27.5 Å². The monoisotopic (exact) mass is 383 g/mol. The van der Waals surface area contributed by atoms with E-state index in [0.717, 1.165) is 0 Å². The van der Waals surface area contributed by atoms with Crippen LogP contribution in [0.2, 0.25) is 0 Å². The van der Waals surface area contributed by atoms with Gasteiger partial charge in [0.25, 0.3) is 0 Å². The predicted octanol–water partition coefficient (Wildman–Crippen LogP) is 1.14. The third kappa shape index (κ3) is 5.62. The Morgan fingerprint density at radius 3 is 2.58 bits per heavy atom. The summed E-state index contributed by atoms with van der Waals surface area (Å²) in [5.41, 5.74) is 0.559. The highest BCUT2D eigenvalue weighted by Gasteiger charge is 2.30. The van der Waals surface area contributed by atoms with Crippen molar-refractivity contribution in [2.24, 2.45) is 5.92 Å². The Morgan fingerprint density at radius 1 is 1.27 bits per heavy atom. The van der Waals surface area contributed by atoms with E-state index in [-0.39, 0.29) is 23.3 Å². The minimum Gasteiger partial charge on any atom is -0.497 e. The fraction of sp³-hybridized carbons (Fsp3) is 0.529. The van der Waals surface area contributed by atoms with E-state index in [0.29, 0.717) is 17.9 Å². The molecule has 1 fully saturated rings. The zero-order valence-electron chi connectivity index (χ0n) is 15.1.